The number of hydrogen-bond acceptors (Lipinski definition) is 2. The fourth-order valence-corrected chi connectivity index (χ4v) is 3.07. The van der Waals surface area contributed by atoms with Crippen LogP contribution < -0.4 is 10.6 Å². The van der Waals surface area contributed by atoms with Gasteiger partial charge < -0.3 is 10.6 Å². The molecule has 3 rings (SSSR count). The standard InChI is InChI=1S/C21H23ClN2O2/c1-14(2)15-7-9-17(10-8-15)24-20(26)21(11-12-21)19(25)23-13-16-5-3-4-6-18(16)22/h3-10,14H,11-13H2,1-2H3,(H,23,25)(H,24,26). The highest BCUT2D eigenvalue weighted by molar-refractivity contribution is 6.31. The van der Waals surface area contributed by atoms with Crippen LogP contribution in [0.5, 0.6) is 0 Å². The molecule has 136 valence electrons. The average molecular weight is 371 g/mol. The molecule has 2 N–H and O–H groups in total. The van der Waals surface area contributed by atoms with Crippen LogP contribution in [0.3, 0.4) is 0 Å². The summed E-state index contributed by atoms with van der Waals surface area (Å²) in [6.07, 6.45) is 1.13. The largest absolute Gasteiger partial charge is 0.351 e. The molecule has 1 saturated carbocycles. The lowest BCUT2D eigenvalue weighted by atomic mass is 10.0. The molecule has 0 aliphatic heterocycles. The van der Waals surface area contributed by atoms with Gasteiger partial charge >= 0.3 is 0 Å². The number of anilines is 1. The van der Waals surface area contributed by atoms with Gasteiger partial charge in [0.15, 0.2) is 0 Å². The fraction of sp³-hybridized carbons (Fsp3) is 0.333. The van der Waals surface area contributed by atoms with Gasteiger partial charge in [-0.3, -0.25) is 9.59 Å². The van der Waals surface area contributed by atoms with Gasteiger partial charge in [-0.15, -0.1) is 0 Å². The van der Waals surface area contributed by atoms with Gasteiger partial charge in [-0.2, -0.15) is 0 Å². The molecule has 2 aromatic rings. The summed E-state index contributed by atoms with van der Waals surface area (Å²) in [5, 5.41) is 6.33. The number of halogens is 1. The predicted molar refractivity (Wildman–Crippen MR) is 104 cm³/mol. The summed E-state index contributed by atoms with van der Waals surface area (Å²) in [5.41, 5.74) is 1.80. The summed E-state index contributed by atoms with van der Waals surface area (Å²) in [6, 6.07) is 15.1. The second-order valence-corrected chi connectivity index (χ2v) is 7.49. The zero-order valence-electron chi connectivity index (χ0n) is 15.0. The van der Waals surface area contributed by atoms with Gasteiger partial charge in [-0.1, -0.05) is 55.8 Å². The Kier molecular flexibility index (Phi) is 5.33. The number of amides is 2. The van der Waals surface area contributed by atoms with E-state index < -0.39 is 5.41 Å². The molecule has 0 saturated heterocycles. The number of hydrogen-bond donors (Lipinski definition) is 2. The minimum atomic E-state index is -0.960. The Hall–Kier alpha value is -2.33. The quantitative estimate of drug-likeness (QED) is 0.735. The van der Waals surface area contributed by atoms with Crippen molar-refractivity contribution < 1.29 is 9.59 Å². The van der Waals surface area contributed by atoms with E-state index in [1.54, 1.807) is 6.07 Å². The van der Waals surface area contributed by atoms with E-state index in [1.165, 1.54) is 5.56 Å². The maximum atomic E-state index is 12.6. The van der Waals surface area contributed by atoms with Crippen molar-refractivity contribution in [2.45, 2.75) is 39.2 Å². The lowest BCUT2D eigenvalue weighted by Crippen LogP contribution is -2.39. The molecule has 0 unspecified atom stereocenters. The van der Waals surface area contributed by atoms with Gasteiger partial charge in [-0.05, 0) is 48.1 Å². The monoisotopic (exact) mass is 370 g/mol. The Balaban J connectivity index is 1.61. The molecule has 4 nitrogen and oxygen atoms in total. The van der Waals surface area contributed by atoms with E-state index in [1.807, 2.05) is 42.5 Å². The third kappa shape index (κ3) is 3.91. The molecule has 0 aromatic heterocycles. The SMILES string of the molecule is CC(C)c1ccc(NC(=O)C2(C(=O)NCc3ccccc3Cl)CC2)cc1. The van der Waals surface area contributed by atoms with Crippen LogP contribution in [-0.2, 0) is 16.1 Å². The normalized spacial score (nSPS) is 14.8. The van der Waals surface area contributed by atoms with Gasteiger partial charge in [0.2, 0.25) is 11.8 Å². The number of rotatable bonds is 6. The molecule has 0 heterocycles. The molecule has 2 amide bonds. The molecule has 2 aromatic carbocycles. The summed E-state index contributed by atoms with van der Waals surface area (Å²) in [7, 11) is 0. The lowest BCUT2D eigenvalue weighted by molar-refractivity contribution is -0.134. The summed E-state index contributed by atoms with van der Waals surface area (Å²) in [4.78, 5) is 25.2. The third-order valence-electron chi connectivity index (χ3n) is 4.85. The Morgan fingerprint density at radius 1 is 1.04 bits per heavy atom. The molecular formula is C21H23ClN2O2. The van der Waals surface area contributed by atoms with Crippen molar-refractivity contribution in [3.05, 3.63) is 64.7 Å². The van der Waals surface area contributed by atoms with Crippen LogP contribution in [0.15, 0.2) is 48.5 Å². The fourth-order valence-electron chi connectivity index (χ4n) is 2.87. The zero-order valence-corrected chi connectivity index (χ0v) is 15.8. The summed E-state index contributed by atoms with van der Waals surface area (Å²) < 4.78 is 0. The van der Waals surface area contributed by atoms with Crippen LogP contribution in [0.1, 0.15) is 43.7 Å². The van der Waals surface area contributed by atoms with Crippen molar-refractivity contribution in [3.63, 3.8) is 0 Å². The molecular weight excluding hydrogens is 348 g/mol. The van der Waals surface area contributed by atoms with Crippen LogP contribution in [0, 0.1) is 5.41 Å². The van der Waals surface area contributed by atoms with E-state index in [4.69, 9.17) is 11.6 Å². The first-order chi connectivity index (χ1) is 12.4. The van der Waals surface area contributed by atoms with E-state index in [-0.39, 0.29) is 11.8 Å². The van der Waals surface area contributed by atoms with Gasteiger partial charge in [0.25, 0.3) is 0 Å². The van der Waals surface area contributed by atoms with Gasteiger partial charge in [-0.25, -0.2) is 0 Å². The Morgan fingerprint density at radius 3 is 2.27 bits per heavy atom. The smallest absolute Gasteiger partial charge is 0.240 e. The summed E-state index contributed by atoms with van der Waals surface area (Å²) >= 11 is 6.11. The number of benzene rings is 2. The van der Waals surface area contributed by atoms with Crippen LogP contribution in [0.25, 0.3) is 0 Å². The van der Waals surface area contributed by atoms with Gasteiger partial charge in [0.05, 0.1) is 0 Å². The van der Waals surface area contributed by atoms with Crippen LogP contribution in [-0.4, -0.2) is 11.8 Å². The van der Waals surface area contributed by atoms with E-state index in [2.05, 4.69) is 24.5 Å². The number of carbonyl (C=O) groups is 2. The van der Waals surface area contributed by atoms with Gasteiger partial charge in [0.1, 0.15) is 5.41 Å². The molecule has 1 aliphatic rings. The second-order valence-electron chi connectivity index (χ2n) is 7.09. The van der Waals surface area contributed by atoms with Crippen molar-refractivity contribution in [1.29, 1.82) is 0 Å². The van der Waals surface area contributed by atoms with Crippen molar-refractivity contribution in [2.24, 2.45) is 5.41 Å². The Labute approximate surface area is 158 Å². The highest BCUT2D eigenvalue weighted by atomic mass is 35.5. The topological polar surface area (TPSA) is 58.2 Å². The molecule has 0 bridgehead atoms. The Morgan fingerprint density at radius 2 is 1.69 bits per heavy atom. The van der Waals surface area contributed by atoms with Crippen molar-refractivity contribution in [2.75, 3.05) is 5.32 Å². The highest BCUT2D eigenvalue weighted by Gasteiger charge is 2.56. The minimum absolute atomic E-state index is 0.242. The average Bonchev–Trinajstić information content (AvgIpc) is 3.43. The second kappa shape index (κ2) is 7.50. The molecule has 0 atom stereocenters. The van der Waals surface area contributed by atoms with Crippen LogP contribution in [0.2, 0.25) is 5.02 Å². The van der Waals surface area contributed by atoms with E-state index in [0.29, 0.717) is 36.0 Å². The number of nitrogens with one attached hydrogen (secondary N) is 2. The first-order valence-corrected chi connectivity index (χ1v) is 9.23. The summed E-state index contributed by atoms with van der Waals surface area (Å²) in [6.45, 7) is 4.56. The third-order valence-corrected chi connectivity index (χ3v) is 5.22. The molecule has 5 heteroatoms. The maximum Gasteiger partial charge on any atom is 0.240 e. The molecule has 1 fully saturated rings. The lowest BCUT2D eigenvalue weighted by Gasteiger charge is -2.16. The molecule has 0 spiro atoms. The van der Waals surface area contributed by atoms with Crippen molar-refractivity contribution in [1.82, 2.24) is 5.32 Å². The minimum Gasteiger partial charge on any atom is -0.351 e. The van der Waals surface area contributed by atoms with Crippen molar-refractivity contribution >= 4 is 29.1 Å². The number of carbonyl (C=O) groups excluding carboxylic acids is 2. The highest BCUT2D eigenvalue weighted by Crippen LogP contribution is 2.47. The van der Waals surface area contributed by atoms with Gasteiger partial charge in [0, 0.05) is 17.3 Å². The Bertz CT molecular complexity index is 811. The predicted octanol–water partition coefficient (Wildman–Crippen LogP) is 4.50. The van der Waals surface area contributed by atoms with Crippen LogP contribution >= 0.6 is 11.6 Å². The van der Waals surface area contributed by atoms with Crippen LogP contribution in [0.4, 0.5) is 5.69 Å². The summed E-state index contributed by atoms with van der Waals surface area (Å²) in [5.74, 6) is -0.0507. The van der Waals surface area contributed by atoms with E-state index in [0.717, 1.165) is 5.56 Å². The molecule has 0 radical (unpaired) electrons. The molecule has 26 heavy (non-hydrogen) atoms. The molecule has 1 aliphatic carbocycles. The van der Waals surface area contributed by atoms with Crippen molar-refractivity contribution in [3.8, 4) is 0 Å². The first-order valence-electron chi connectivity index (χ1n) is 8.85. The first kappa shape index (κ1) is 18.5. The maximum absolute atomic E-state index is 12.6. The zero-order chi connectivity index (χ0) is 18.7. The van der Waals surface area contributed by atoms with E-state index >= 15 is 0 Å². The van der Waals surface area contributed by atoms with E-state index in [9.17, 15) is 9.59 Å².